The number of aliphatic imine (C=N–C) groups is 1. The van der Waals surface area contributed by atoms with E-state index in [9.17, 15) is 4.79 Å². The van der Waals surface area contributed by atoms with Crippen LogP contribution in [0.5, 0.6) is 0 Å². The molecule has 1 aromatic carbocycles. The third-order valence-electron chi connectivity index (χ3n) is 2.55. The van der Waals surface area contributed by atoms with Crippen molar-refractivity contribution in [2.24, 2.45) is 4.99 Å². The maximum atomic E-state index is 10.1. The summed E-state index contributed by atoms with van der Waals surface area (Å²) >= 11 is 0. The molecule has 0 heterocycles. The minimum absolute atomic E-state index is 0.0631. The topological polar surface area (TPSA) is 29.4 Å². The van der Waals surface area contributed by atoms with E-state index in [1.807, 2.05) is 0 Å². The molecule has 66 valence electrons. The van der Waals surface area contributed by atoms with Crippen molar-refractivity contribution >= 4 is 6.08 Å². The lowest BCUT2D eigenvalue weighted by Crippen LogP contribution is -1.88. The molecule has 0 aromatic heterocycles. The highest BCUT2D eigenvalue weighted by Crippen LogP contribution is 2.33. The van der Waals surface area contributed by atoms with Gasteiger partial charge in [-0.3, -0.25) is 0 Å². The van der Waals surface area contributed by atoms with Gasteiger partial charge in [-0.05, 0) is 30.9 Å². The predicted octanol–water partition coefficient (Wildman–Crippen LogP) is 2.32. The fourth-order valence-corrected chi connectivity index (χ4v) is 1.92. The van der Waals surface area contributed by atoms with Crippen LogP contribution in [0.2, 0.25) is 0 Å². The fourth-order valence-electron chi connectivity index (χ4n) is 1.92. The molecular weight excluding hydrogens is 162 g/mol. The quantitative estimate of drug-likeness (QED) is 0.473. The van der Waals surface area contributed by atoms with E-state index in [1.54, 1.807) is 6.08 Å². The first-order valence-electron chi connectivity index (χ1n) is 4.47. The van der Waals surface area contributed by atoms with Gasteiger partial charge >= 0.3 is 0 Å². The number of fused-ring (bicyclic) bond motifs is 1. The van der Waals surface area contributed by atoms with Gasteiger partial charge in [-0.25, -0.2) is 4.79 Å². The molecule has 0 fully saturated rings. The van der Waals surface area contributed by atoms with Gasteiger partial charge in [-0.2, -0.15) is 4.99 Å². The maximum Gasteiger partial charge on any atom is 0.235 e. The molecule has 0 amide bonds. The molecule has 0 aliphatic heterocycles. The van der Waals surface area contributed by atoms with Crippen molar-refractivity contribution in [1.29, 1.82) is 0 Å². The van der Waals surface area contributed by atoms with Crippen molar-refractivity contribution in [3.05, 3.63) is 34.9 Å². The number of carbonyl (C=O) groups excluding carboxylic acids is 1. The Morgan fingerprint density at radius 2 is 2.38 bits per heavy atom. The molecule has 0 radical (unpaired) electrons. The highest BCUT2D eigenvalue weighted by molar-refractivity contribution is 5.41. The van der Waals surface area contributed by atoms with Crippen molar-refractivity contribution in [3.8, 4) is 0 Å². The van der Waals surface area contributed by atoms with E-state index >= 15 is 0 Å². The number of isocyanates is 1. The summed E-state index contributed by atoms with van der Waals surface area (Å²) < 4.78 is 0. The molecule has 0 bridgehead atoms. The molecule has 13 heavy (non-hydrogen) atoms. The summed E-state index contributed by atoms with van der Waals surface area (Å²) in [6.07, 6.45) is 3.63. The molecular formula is C11H11NO. The van der Waals surface area contributed by atoms with Crippen LogP contribution in [0.4, 0.5) is 0 Å². The first-order chi connectivity index (χ1) is 6.31. The molecule has 1 atom stereocenters. The van der Waals surface area contributed by atoms with Gasteiger partial charge in [0, 0.05) is 0 Å². The molecule has 1 aromatic rings. The van der Waals surface area contributed by atoms with Crippen molar-refractivity contribution in [3.63, 3.8) is 0 Å². The van der Waals surface area contributed by atoms with Crippen LogP contribution in [-0.2, 0) is 11.2 Å². The normalized spacial score (nSPS) is 19.3. The second kappa shape index (κ2) is 3.15. The molecule has 1 aliphatic carbocycles. The molecule has 1 aliphatic rings. The highest BCUT2D eigenvalue weighted by atomic mass is 16.1. The maximum absolute atomic E-state index is 10.1. The van der Waals surface area contributed by atoms with Gasteiger partial charge in [-0.1, -0.05) is 23.8 Å². The third kappa shape index (κ3) is 1.41. The van der Waals surface area contributed by atoms with Crippen molar-refractivity contribution < 1.29 is 4.79 Å². The monoisotopic (exact) mass is 173 g/mol. The largest absolute Gasteiger partial charge is 0.235 e. The van der Waals surface area contributed by atoms with Crippen molar-refractivity contribution in [2.75, 3.05) is 0 Å². The van der Waals surface area contributed by atoms with Crippen molar-refractivity contribution in [2.45, 2.75) is 25.8 Å². The molecule has 0 saturated carbocycles. The average Bonchev–Trinajstić information content (AvgIpc) is 2.49. The van der Waals surface area contributed by atoms with Crippen LogP contribution in [0.25, 0.3) is 0 Å². The Labute approximate surface area is 77.3 Å². The van der Waals surface area contributed by atoms with Crippen LogP contribution in [0.15, 0.2) is 23.2 Å². The van der Waals surface area contributed by atoms with E-state index in [0.717, 1.165) is 12.8 Å². The van der Waals surface area contributed by atoms with Crippen LogP contribution in [0.1, 0.15) is 29.2 Å². The summed E-state index contributed by atoms with van der Waals surface area (Å²) in [5.74, 6) is 0. The SMILES string of the molecule is Cc1ccc2c(c1)CCC2N=C=O. The number of benzene rings is 1. The molecule has 2 rings (SSSR count). The summed E-state index contributed by atoms with van der Waals surface area (Å²) in [4.78, 5) is 13.9. The second-order valence-electron chi connectivity index (χ2n) is 3.48. The Morgan fingerprint density at radius 3 is 3.15 bits per heavy atom. The lowest BCUT2D eigenvalue weighted by Gasteiger charge is -2.03. The molecule has 1 unspecified atom stereocenters. The number of rotatable bonds is 1. The molecule has 2 nitrogen and oxygen atoms in total. The summed E-state index contributed by atoms with van der Waals surface area (Å²) in [6.45, 7) is 2.08. The van der Waals surface area contributed by atoms with E-state index in [4.69, 9.17) is 0 Å². The van der Waals surface area contributed by atoms with Gasteiger partial charge in [0.15, 0.2) is 0 Å². The van der Waals surface area contributed by atoms with Gasteiger partial charge in [0.1, 0.15) is 0 Å². The van der Waals surface area contributed by atoms with Crippen LogP contribution in [-0.4, -0.2) is 6.08 Å². The Bertz CT molecular complexity index is 378. The van der Waals surface area contributed by atoms with E-state index in [-0.39, 0.29) is 6.04 Å². The Kier molecular flexibility index (Phi) is 1.99. The first-order valence-corrected chi connectivity index (χ1v) is 4.47. The number of nitrogens with zero attached hydrogens (tertiary/aromatic N) is 1. The molecule has 0 saturated heterocycles. The smallest absolute Gasteiger partial charge is 0.211 e. The van der Waals surface area contributed by atoms with Gasteiger partial charge in [0.05, 0.1) is 6.04 Å². The molecule has 0 spiro atoms. The minimum atomic E-state index is 0.0631. The Hall–Kier alpha value is -1.40. The highest BCUT2D eigenvalue weighted by Gasteiger charge is 2.21. The summed E-state index contributed by atoms with van der Waals surface area (Å²) in [6, 6.07) is 6.38. The zero-order chi connectivity index (χ0) is 9.26. The van der Waals surface area contributed by atoms with E-state index in [1.165, 1.54) is 16.7 Å². The Balaban J connectivity index is 2.43. The van der Waals surface area contributed by atoms with E-state index in [0.29, 0.717) is 0 Å². The first kappa shape index (κ1) is 8.21. The van der Waals surface area contributed by atoms with Gasteiger partial charge < -0.3 is 0 Å². The van der Waals surface area contributed by atoms with Crippen LogP contribution >= 0.6 is 0 Å². The summed E-state index contributed by atoms with van der Waals surface area (Å²) in [5.41, 5.74) is 3.81. The van der Waals surface area contributed by atoms with E-state index < -0.39 is 0 Å². The number of aryl methyl sites for hydroxylation is 2. The third-order valence-corrected chi connectivity index (χ3v) is 2.55. The summed E-state index contributed by atoms with van der Waals surface area (Å²) in [7, 11) is 0. The Morgan fingerprint density at radius 1 is 1.54 bits per heavy atom. The van der Waals surface area contributed by atoms with Crippen LogP contribution in [0.3, 0.4) is 0 Å². The number of hydrogen-bond acceptors (Lipinski definition) is 2. The molecule has 2 heteroatoms. The van der Waals surface area contributed by atoms with Crippen LogP contribution < -0.4 is 0 Å². The average molecular weight is 173 g/mol. The predicted molar refractivity (Wildman–Crippen MR) is 50.4 cm³/mol. The lowest BCUT2D eigenvalue weighted by molar-refractivity contribution is 0.557. The van der Waals surface area contributed by atoms with Crippen LogP contribution in [0, 0.1) is 6.92 Å². The molecule has 0 N–H and O–H groups in total. The number of hydrogen-bond donors (Lipinski definition) is 0. The zero-order valence-electron chi connectivity index (χ0n) is 7.58. The minimum Gasteiger partial charge on any atom is -0.211 e. The van der Waals surface area contributed by atoms with Gasteiger partial charge in [-0.15, -0.1) is 0 Å². The van der Waals surface area contributed by atoms with Crippen molar-refractivity contribution in [1.82, 2.24) is 0 Å². The second-order valence-corrected chi connectivity index (χ2v) is 3.48. The van der Waals surface area contributed by atoms with E-state index in [2.05, 4.69) is 30.1 Å². The van der Waals surface area contributed by atoms with Gasteiger partial charge in [0.25, 0.3) is 0 Å². The summed E-state index contributed by atoms with van der Waals surface area (Å²) in [5, 5.41) is 0. The standard InChI is InChI=1S/C11H11NO/c1-8-2-4-10-9(6-8)3-5-11(10)12-7-13/h2,4,6,11H,3,5H2,1H3. The fraction of sp³-hybridized carbons (Fsp3) is 0.364. The van der Waals surface area contributed by atoms with Gasteiger partial charge in [0.2, 0.25) is 6.08 Å². The lowest BCUT2D eigenvalue weighted by atomic mass is 10.1. The zero-order valence-corrected chi connectivity index (χ0v) is 7.58.